The molecular formula is C22H31N. The van der Waals surface area contributed by atoms with E-state index >= 15 is 0 Å². The molecule has 1 aromatic heterocycles. The Labute approximate surface area is 141 Å². The zero-order valence-corrected chi connectivity index (χ0v) is 14.8. The van der Waals surface area contributed by atoms with Crippen LogP contribution in [0, 0.1) is 11.8 Å². The molecule has 0 aliphatic heterocycles. The summed E-state index contributed by atoms with van der Waals surface area (Å²) in [5.74, 6) is 1.42. The zero-order chi connectivity index (χ0) is 16.2. The topological polar surface area (TPSA) is 15.8 Å². The van der Waals surface area contributed by atoms with Crippen molar-refractivity contribution in [1.29, 1.82) is 0 Å². The van der Waals surface area contributed by atoms with Crippen LogP contribution in [-0.2, 0) is 12.8 Å². The van der Waals surface area contributed by atoms with Crippen molar-refractivity contribution in [1.82, 2.24) is 4.98 Å². The second-order valence-electron chi connectivity index (χ2n) is 7.33. The average Bonchev–Trinajstić information content (AvgIpc) is 2.97. The van der Waals surface area contributed by atoms with E-state index in [-0.39, 0.29) is 0 Å². The molecule has 0 radical (unpaired) electrons. The normalized spacial score (nSPS) is 17.5. The number of rotatable bonds is 6. The lowest BCUT2D eigenvalue weighted by atomic mass is 9.78. The number of hydrogen-bond donors (Lipinski definition) is 1. The molecule has 23 heavy (non-hydrogen) atoms. The first kappa shape index (κ1) is 16.4. The van der Waals surface area contributed by atoms with Gasteiger partial charge in [-0.2, -0.15) is 0 Å². The van der Waals surface area contributed by atoms with Gasteiger partial charge in [0.2, 0.25) is 0 Å². The number of nitrogens with one attached hydrogen (secondary N) is 1. The summed E-state index contributed by atoms with van der Waals surface area (Å²) < 4.78 is 0. The highest BCUT2D eigenvalue weighted by molar-refractivity contribution is 5.84. The van der Waals surface area contributed by atoms with E-state index in [1.54, 1.807) is 0 Å². The van der Waals surface area contributed by atoms with E-state index in [1.807, 2.05) is 0 Å². The summed E-state index contributed by atoms with van der Waals surface area (Å²) in [5, 5.41) is 1.42. The predicted octanol–water partition coefficient (Wildman–Crippen LogP) is 6.44. The highest BCUT2D eigenvalue weighted by atomic mass is 14.7. The van der Waals surface area contributed by atoms with Crippen LogP contribution >= 0.6 is 0 Å². The average molecular weight is 309 g/mol. The number of hydrogen-bond acceptors (Lipinski definition) is 0. The molecule has 0 saturated heterocycles. The highest BCUT2D eigenvalue weighted by Crippen LogP contribution is 2.34. The zero-order valence-electron chi connectivity index (χ0n) is 14.8. The molecule has 1 heteroatoms. The first-order valence-corrected chi connectivity index (χ1v) is 9.47. The Morgan fingerprint density at radius 1 is 1.22 bits per heavy atom. The Morgan fingerprint density at radius 3 is 2.70 bits per heavy atom. The number of fused-ring (bicyclic) bond motifs is 1. The monoisotopic (exact) mass is 309 g/mol. The SMILES string of the molecule is C=C(C(C)CCc1c(CC)[nH]c2ccccc12)C1CCCCC1. The van der Waals surface area contributed by atoms with Crippen LogP contribution in [0.2, 0.25) is 0 Å². The Kier molecular flexibility index (Phi) is 5.25. The van der Waals surface area contributed by atoms with Crippen molar-refractivity contribution in [3.63, 3.8) is 0 Å². The van der Waals surface area contributed by atoms with Crippen LogP contribution in [-0.4, -0.2) is 4.98 Å². The lowest BCUT2D eigenvalue weighted by Crippen LogP contribution is -2.14. The van der Waals surface area contributed by atoms with E-state index in [4.69, 9.17) is 0 Å². The lowest BCUT2D eigenvalue weighted by molar-refractivity contribution is 0.372. The fraction of sp³-hybridized carbons (Fsp3) is 0.545. The van der Waals surface area contributed by atoms with Gasteiger partial charge in [-0.3, -0.25) is 0 Å². The molecule has 3 rings (SSSR count). The molecule has 1 N–H and O–H groups in total. The van der Waals surface area contributed by atoms with E-state index in [0.717, 1.165) is 12.3 Å². The van der Waals surface area contributed by atoms with Gasteiger partial charge in [0.15, 0.2) is 0 Å². The minimum Gasteiger partial charge on any atom is -0.358 e. The van der Waals surface area contributed by atoms with Crippen LogP contribution in [0.4, 0.5) is 0 Å². The summed E-state index contributed by atoms with van der Waals surface area (Å²) in [6, 6.07) is 8.74. The molecule has 1 aliphatic rings. The fourth-order valence-electron chi connectivity index (χ4n) is 4.27. The van der Waals surface area contributed by atoms with Gasteiger partial charge in [0.05, 0.1) is 0 Å². The van der Waals surface area contributed by atoms with Gasteiger partial charge in [0.1, 0.15) is 0 Å². The molecule has 1 heterocycles. The standard InChI is InChI=1S/C22H31N/c1-4-21-20(19-12-8-9-13-22(19)23-21)15-14-16(2)17(3)18-10-6-5-7-11-18/h8-9,12-13,16,18,23H,3-7,10-11,14-15H2,1-2H3. The van der Waals surface area contributed by atoms with Crippen LogP contribution in [0.5, 0.6) is 0 Å². The van der Waals surface area contributed by atoms with Crippen molar-refractivity contribution in [2.45, 2.75) is 65.2 Å². The minimum atomic E-state index is 0.636. The molecule has 1 unspecified atom stereocenters. The third kappa shape index (κ3) is 3.54. The molecule has 0 spiro atoms. The summed E-state index contributed by atoms with van der Waals surface area (Å²) in [4.78, 5) is 3.61. The van der Waals surface area contributed by atoms with Crippen molar-refractivity contribution in [3.05, 3.63) is 47.7 Å². The minimum absolute atomic E-state index is 0.636. The second kappa shape index (κ2) is 7.38. The van der Waals surface area contributed by atoms with E-state index in [0.29, 0.717) is 5.92 Å². The highest BCUT2D eigenvalue weighted by Gasteiger charge is 2.21. The predicted molar refractivity (Wildman–Crippen MR) is 101 cm³/mol. The van der Waals surface area contributed by atoms with Crippen molar-refractivity contribution < 1.29 is 0 Å². The lowest BCUT2D eigenvalue weighted by Gasteiger charge is -2.27. The van der Waals surface area contributed by atoms with E-state index < -0.39 is 0 Å². The van der Waals surface area contributed by atoms with Gasteiger partial charge in [-0.05, 0) is 55.6 Å². The number of aryl methyl sites for hydroxylation is 2. The summed E-state index contributed by atoms with van der Waals surface area (Å²) in [7, 11) is 0. The van der Waals surface area contributed by atoms with Gasteiger partial charge >= 0.3 is 0 Å². The number of H-pyrrole nitrogens is 1. The van der Waals surface area contributed by atoms with Crippen LogP contribution in [0.1, 0.15) is 63.6 Å². The molecule has 0 bridgehead atoms. The number of aromatic amines is 1. The van der Waals surface area contributed by atoms with Crippen LogP contribution in [0.3, 0.4) is 0 Å². The molecule has 1 aliphatic carbocycles. The first-order chi connectivity index (χ1) is 11.2. The fourth-order valence-corrected chi connectivity index (χ4v) is 4.27. The van der Waals surface area contributed by atoms with Crippen LogP contribution < -0.4 is 0 Å². The van der Waals surface area contributed by atoms with Gasteiger partial charge in [0.25, 0.3) is 0 Å². The molecule has 2 aromatic rings. The number of aromatic nitrogens is 1. The Bertz CT molecular complexity index is 658. The maximum absolute atomic E-state index is 4.48. The summed E-state index contributed by atoms with van der Waals surface area (Å²) in [6.45, 7) is 9.11. The Hall–Kier alpha value is -1.50. The number of benzene rings is 1. The number of para-hydroxylation sites is 1. The Morgan fingerprint density at radius 2 is 1.96 bits per heavy atom. The summed E-state index contributed by atoms with van der Waals surface area (Å²) in [5.41, 5.74) is 5.76. The summed E-state index contributed by atoms with van der Waals surface area (Å²) >= 11 is 0. The number of allylic oxidation sites excluding steroid dienone is 1. The van der Waals surface area contributed by atoms with Gasteiger partial charge in [0, 0.05) is 16.6 Å². The smallest absolute Gasteiger partial charge is 0.0458 e. The van der Waals surface area contributed by atoms with Gasteiger partial charge in [-0.25, -0.2) is 0 Å². The molecular weight excluding hydrogens is 278 g/mol. The molecule has 1 atom stereocenters. The third-order valence-electron chi connectivity index (χ3n) is 5.85. The van der Waals surface area contributed by atoms with Crippen molar-refractivity contribution in [2.75, 3.05) is 0 Å². The third-order valence-corrected chi connectivity index (χ3v) is 5.85. The van der Waals surface area contributed by atoms with E-state index in [1.165, 1.54) is 72.7 Å². The maximum Gasteiger partial charge on any atom is 0.0458 e. The van der Waals surface area contributed by atoms with Gasteiger partial charge in [-0.1, -0.05) is 63.5 Å². The maximum atomic E-state index is 4.48. The van der Waals surface area contributed by atoms with E-state index in [2.05, 4.69) is 49.7 Å². The second-order valence-corrected chi connectivity index (χ2v) is 7.33. The first-order valence-electron chi connectivity index (χ1n) is 9.47. The molecule has 1 fully saturated rings. The van der Waals surface area contributed by atoms with Gasteiger partial charge in [-0.15, -0.1) is 0 Å². The molecule has 1 aromatic carbocycles. The molecule has 1 nitrogen and oxygen atoms in total. The van der Waals surface area contributed by atoms with E-state index in [9.17, 15) is 0 Å². The molecule has 1 saturated carbocycles. The quantitative estimate of drug-likeness (QED) is 0.591. The summed E-state index contributed by atoms with van der Waals surface area (Å²) in [6.07, 6.45) is 10.4. The van der Waals surface area contributed by atoms with Crippen molar-refractivity contribution >= 4 is 10.9 Å². The molecule has 124 valence electrons. The van der Waals surface area contributed by atoms with Crippen LogP contribution in [0.25, 0.3) is 10.9 Å². The van der Waals surface area contributed by atoms with Crippen LogP contribution in [0.15, 0.2) is 36.4 Å². The van der Waals surface area contributed by atoms with Crippen molar-refractivity contribution in [3.8, 4) is 0 Å². The Balaban J connectivity index is 1.69. The largest absolute Gasteiger partial charge is 0.358 e. The molecule has 0 amide bonds. The van der Waals surface area contributed by atoms with Gasteiger partial charge < -0.3 is 4.98 Å². The van der Waals surface area contributed by atoms with Crippen molar-refractivity contribution in [2.24, 2.45) is 11.8 Å².